The summed E-state index contributed by atoms with van der Waals surface area (Å²) in [6, 6.07) is 0. The van der Waals surface area contributed by atoms with Gasteiger partial charge >= 0.3 is 0 Å². The molecule has 0 fully saturated rings. The molecule has 6 heteroatoms. The predicted molar refractivity (Wildman–Crippen MR) is 10.8 cm³/mol. The van der Waals surface area contributed by atoms with Gasteiger partial charge in [0.2, 0.25) is 0 Å². The summed E-state index contributed by atoms with van der Waals surface area (Å²) in [5.74, 6) is 0. The standard InChI is InChI=1S/3Au.3H2O/h;;;3*1H2. The molecule has 0 rings (SSSR count). The minimum Gasteiger partial charge on any atom is -0.412 e. The summed E-state index contributed by atoms with van der Waals surface area (Å²) in [4.78, 5) is 0. The quantitative estimate of drug-likeness (QED) is 0.262. The Hall–Kier alpha value is 2.10. The average molecular weight is 645 g/mol. The molecule has 0 saturated heterocycles. The third-order valence-corrected chi connectivity index (χ3v) is 0. The minimum absolute atomic E-state index is 0. The predicted octanol–water partition coefficient (Wildman–Crippen LogP) is -2.48. The first-order valence-electron chi connectivity index (χ1n) is 0. The van der Waals surface area contributed by atoms with Gasteiger partial charge in [0.05, 0.1) is 0 Å². The van der Waals surface area contributed by atoms with Crippen LogP contribution in [0, 0.1) is 0 Å². The van der Waals surface area contributed by atoms with Crippen LogP contribution in [-0.2, 0) is 67.1 Å². The van der Waals surface area contributed by atoms with E-state index in [4.69, 9.17) is 0 Å². The van der Waals surface area contributed by atoms with Crippen molar-refractivity contribution in [2.45, 2.75) is 0 Å². The summed E-state index contributed by atoms with van der Waals surface area (Å²) < 4.78 is 0. The molecule has 3 radical (unpaired) electrons. The average Bonchev–Trinajstić information content (AvgIpc) is 0. The van der Waals surface area contributed by atoms with Gasteiger partial charge < -0.3 is 16.4 Å². The van der Waals surface area contributed by atoms with Gasteiger partial charge in [0.15, 0.2) is 0 Å². The van der Waals surface area contributed by atoms with E-state index in [0.29, 0.717) is 0 Å². The summed E-state index contributed by atoms with van der Waals surface area (Å²) in [5.41, 5.74) is 0. The molecule has 0 atom stereocenters. The Morgan fingerprint density at radius 3 is 0.333 bits per heavy atom. The van der Waals surface area contributed by atoms with Crippen molar-refractivity contribution in [3.05, 3.63) is 0 Å². The largest absolute Gasteiger partial charge is 0.412 e. The summed E-state index contributed by atoms with van der Waals surface area (Å²) >= 11 is 0. The maximum atomic E-state index is 0. The van der Waals surface area contributed by atoms with Crippen LogP contribution in [0.2, 0.25) is 0 Å². The van der Waals surface area contributed by atoms with Crippen LogP contribution < -0.4 is 0 Å². The zero-order valence-electron chi connectivity index (χ0n) is 2.40. The van der Waals surface area contributed by atoms with Crippen LogP contribution in [0.25, 0.3) is 0 Å². The molecule has 57 valence electrons. The second-order valence-electron chi connectivity index (χ2n) is 0. The van der Waals surface area contributed by atoms with E-state index in [-0.39, 0.29) is 83.6 Å². The van der Waals surface area contributed by atoms with E-state index < -0.39 is 0 Å². The van der Waals surface area contributed by atoms with Crippen LogP contribution in [-0.4, -0.2) is 16.4 Å². The topological polar surface area (TPSA) is 94.5 Å². The van der Waals surface area contributed by atoms with Gasteiger partial charge in [0, 0.05) is 67.1 Å². The van der Waals surface area contributed by atoms with Crippen molar-refractivity contribution in [3.63, 3.8) is 0 Å². The zero-order valence-corrected chi connectivity index (χ0v) is 8.90. The fraction of sp³-hybridized carbons (Fsp3) is 0. The first-order chi connectivity index (χ1) is 0. The van der Waals surface area contributed by atoms with E-state index in [2.05, 4.69) is 0 Å². The molecule has 6 heavy (non-hydrogen) atoms. The molecule has 3 nitrogen and oxygen atoms in total. The Kier molecular flexibility index (Phi) is 924. The van der Waals surface area contributed by atoms with Crippen LogP contribution in [0.3, 0.4) is 0 Å². The molecular weight excluding hydrogens is 639 g/mol. The van der Waals surface area contributed by atoms with E-state index in [0.717, 1.165) is 0 Å². The van der Waals surface area contributed by atoms with Crippen LogP contribution in [0.4, 0.5) is 0 Å². The summed E-state index contributed by atoms with van der Waals surface area (Å²) in [5, 5.41) is 0. The third-order valence-electron chi connectivity index (χ3n) is 0. The third kappa shape index (κ3) is 36.0. The van der Waals surface area contributed by atoms with E-state index in [1.807, 2.05) is 0 Å². The molecule has 0 spiro atoms. The number of hydrogen-bond acceptors (Lipinski definition) is 0. The second kappa shape index (κ2) is 59.9. The van der Waals surface area contributed by atoms with Gasteiger partial charge in [0.1, 0.15) is 0 Å². The number of hydrogen-bond donors (Lipinski definition) is 0. The van der Waals surface area contributed by atoms with Gasteiger partial charge in [-0.1, -0.05) is 0 Å². The molecular formula is H6Au3O3. The van der Waals surface area contributed by atoms with Gasteiger partial charge in [-0.05, 0) is 0 Å². The van der Waals surface area contributed by atoms with Crippen LogP contribution >= 0.6 is 0 Å². The van der Waals surface area contributed by atoms with Gasteiger partial charge in [-0.2, -0.15) is 0 Å². The fourth-order valence-corrected chi connectivity index (χ4v) is 0. The number of rotatable bonds is 0. The van der Waals surface area contributed by atoms with Gasteiger partial charge in [-0.3, -0.25) is 0 Å². The Labute approximate surface area is 82.7 Å². The van der Waals surface area contributed by atoms with Gasteiger partial charge in [-0.15, -0.1) is 0 Å². The first kappa shape index (κ1) is 92.6. The SMILES string of the molecule is O.O.O.[Au].[Au].[Au]. The second-order valence-corrected chi connectivity index (χ2v) is 0. The monoisotopic (exact) mass is 645 g/mol. The molecule has 0 unspecified atom stereocenters. The van der Waals surface area contributed by atoms with E-state index >= 15 is 0 Å². The minimum atomic E-state index is 0. The van der Waals surface area contributed by atoms with Crippen molar-refractivity contribution >= 4 is 0 Å². The summed E-state index contributed by atoms with van der Waals surface area (Å²) in [7, 11) is 0. The van der Waals surface area contributed by atoms with Crippen LogP contribution in [0.1, 0.15) is 0 Å². The molecule has 0 bridgehead atoms. The molecule has 0 aromatic rings. The van der Waals surface area contributed by atoms with Gasteiger partial charge in [0.25, 0.3) is 0 Å². The maximum absolute atomic E-state index is 0. The fourth-order valence-electron chi connectivity index (χ4n) is 0. The van der Waals surface area contributed by atoms with E-state index in [1.165, 1.54) is 0 Å². The van der Waals surface area contributed by atoms with E-state index in [9.17, 15) is 0 Å². The van der Waals surface area contributed by atoms with Crippen LogP contribution in [0.5, 0.6) is 0 Å². The molecule has 0 aliphatic heterocycles. The smallest absolute Gasteiger partial charge is 0 e. The maximum Gasteiger partial charge on any atom is 0 e. The summed E-state index contributed by atoms with van der Waals surface area (Å²) in [6.45, 7) is 0. The Balaban J connectivity index is 0. The first-order valence-corrected chi connectivity index (χ1v) is 0. The van der Waals surface area contributed by atoms with Crippen molar-refractivity contribution in [2.24, 2.45) is 0 Å². The molecule has 0 aliphatic rings. The molecule has 0 heterocycles. The van der Waals surface area contributed by atoms with Crippen molar-refractivity contribution in [1.82, 2.24) is 0 Å². The molecule has 0 amide bonds. The Morgan fingerprint density at radius 1 is 0.333 bits per heavy atom. The van der Waals surface area contributed by atoms with Crippen LogP contribution in [0.15, 0.2) is 0 Å². The van der Waals surface area contributed by atoms with Crippen molar-refractivity contribution in [3.8, 4) is 0 Å². The summed E-state index contributed by atoms with van der Waals surface area (Å²) in [6.07, 6.45) is 0. The molecule has 0 aromatic heterocycles. The molecule has 0 aromatic carbocycles. The Morgan fingerprint density at radius 2 is 0.333 bits per heavy atom. The molecule has 0 aliphatic carbocycles. The Bertz CT molecular complexity index is 6.00. The van der Waals surface area contributed by atoms with Crippen molar-refractivity contribution in [1.29, 1.82) is 0 Å². The van der Waals surface area contributed by atoms with Crippen molar-refractivity contribution < 1.29 is 83.6 Å². The van der Waals surface area contributed by atoms with Crippen molar-refractivity contribution in [2.75, 3.05) is 0 Å². The van der Waals surface area contributed by atoms with Gasteiger partial charge in [-0.25, -0.2) is 0 Å². The molecule has 0 saturated carbocycles. The van der Waals surface area contributed by atoms with E-state index in [1.54, 1.807) is 0 Å². The zero-order chi connectivity index (χ0) is 0. The normalized spacial score (nSPS) is 0. The molecule has 6 N–H and O–H groups in total.